The van der Waals surface area contributed by atoms with E-state index < -0.39 is 16.4 Å². The first-order chi connectivity index (χ1) is 10.0. The van der Waals surface area contributed by atoms with Crippen LogP contribution in [-0.4, -0.2) is 19.1 Å². The average Bonchev–Trinajstić information content (AvgIpc) is 2.49. The highest BCUT2D eigenvalue weighted by Gasteiger charge is 2.20. The number of hydrogen-bond acceptors (Lipinski definition) is 5. The van der Waals surface area contributed by atoms with Crippen LogP contribution in [0.3, 0.4) is 0 Å². The number of anilines is 1. The lowest BCUT2D eigenvalue weighted by atomic mass is 10.2. The van der Waals surface area contributed by atoms with Crippen molar-refractivity contribution in [3.05, 3.63) is 52.3 Å². The van der Waals surface area contributed by atoms with Gasteiger partial charge in [-0.2, -0.15) is 0 Å². The summed E-state index contributed by atoms with van der Waals surface area (Å²) in [6.07, 6.45) is 0. The molecule has 0 amide bonds. The zero-order valence-corrected chi connectivity index (χ0v) is 11.4. The van der Waals surface area contributed by atoms with Crippen LogP contribution in [-0.2, 0) is 0 Å². The van der Waals surface area contributed by atoms with Crippen LogP contribution in [0, 0.1) is 15.9 Å². The van der Waals surface area contributed by atoms with E-state index in [1.54, 1.807) is 31.3 Å². The van der Waals surface area contributed by atoms with E-state index in [0.717, 1.165) is 17.8 Å². The third-order valence-corrected chi connectivity index (χ3v) is 2.80. The Bertz CT molecular complexity index is 659. The molecule has 0 unspecified atom stereocenters. The molecule has 6 nitrogen and oxygen atoms in total. The summed E-state index contributed by atoms with van der Waals surface area (Å²) in [7, 11) is 3.04. The number of nitro benzene ring substituents is 1. The minimum absolute atomic E-state index is 0.0664. The molecule has 0 atom stereocenters. The van der Waals surface area contributed by atoms with Gasteiger partial charge in [0, 0.05) is 18.8 Å². The Morgan fingerprint density at radius 3 is 2.38 bits per heavy atom. The molecule has 1 N–H and O–H groups in total. The largest absolute Gasteiger partial charge is 0.490 e. The molecular formula is C14H13FN2O4. The second kappa shape index (κ2) is 6.08. The normalized spacial score (nSPS) is 10.0. The van der Waals surface area contributed by atoms with Gasteiger partial charge in [0.1, 0.15) is 5.75 Å². The molecular weight excluding hydrogens is 279 g/mol. The van der Waals surface area contributed by atoms with Crippen molar-refractivity contribution in [2.45, 2.75) is 0 Å². The molecule has 7 heteroatoms. The highest BCUT2D eigenvalue weighted by Crippen LogP contribution is 2.35. The number of ether oxygens (including phenoxy) is 2. The number of halogens is 1. The maximum Gasteiger partial charge on any atom is 0.314 e. The quantitative estimate of drug-likeness (QED) is 0.673. The van der Waals surface area contributed by atoms with Crippen molar-refractivity contribution >= 4 is 11.4 Å². The highest BCUT2D eigenvalue weighted by molar-refractivity contribution is 5.53. The summed E-state index contributed by atoms with van der Waals surface area (Å²) >= 11 is 0. The zero-order chi connectivity index (χ0) is 15.4. The van der Waals surface area contributed by atoms with E-state index in [0.29, 0.717) is 5.75 Å². The first-order valence-electron chi connectivity index (χ1n) is 6.02. The number of nitrogens with one attached hydrogen (secondary N) is 1. The summed E-state index contributed by atoms with van der Waals surface area (Å²) in [6, 6.07) is 8.75. The Hall–Kier alpha value is -2.83. The van der Waals surface area contributed by atoms with Gasteiger partial charge in [0.25, 0.3) is 0 Å². The Labute approximate surface area is 120 Å². The number of rotatable bonds is 5. The predicted molar refractivity (Wildman–Crippen MR) is 75.7 cm³/mol. The lowest BCUT2D eigenvalue weighted by Crippen LogP contribution is -1.97. The molecule has 0 fully saturated rings. The van der Waals surface area contributed by atoms with Crippen LogP contribution in [0.5, 0.6) is 17.2 Å². The average molecular weight is 292 g/mol. The van der Waals surface area contributed by atoms with Crippen LogP contribution in [0.25, 0.3) is 0 Å². The van der Waals surface area contributed by atoms with Crippen molar-refractivity contribution in [3.8, 4) is 17.2 Å². The molecule has 0 spiro atoms. The fourth-order valence-corrected chi connectivity index (χ4v) is 1.73. The van der Waals surface area contributed by atoms with Gasteiger partial charge in [0.15, 0.2) is 11.6 Å². The van der Waals surface area contributed by atoms with Crippen molar-refractivity contribution < 1.29 is 18.8 Å². The van der Waals surface area contributed by atoms with E-state index in [2.05, 4.69) is 5.32 Å². The Morgan fingerprint density at radius 1 is 1.19 bits per heavy atom. The second-order valence-electron chi connectivity index (χ2n) is 4.09. The van der Waals surface area contributed by atoms with Crippen LogP contribution in [0.2, 0.25) is 0 Å². The van der Waals surface area contributed by atoms with Gasteiger partial charge in [-0.3, -0.25) is 10.1 Å². The lowest BCUT2D eigenvalue weighted by molar-refractivity contribution is -0.386. The highest BCUT2D eigenvalue weighted by atomic mass is 19.1. The van der Waals surface area contributed by atoms with Crippen LogP contribution < -0.4 is 14.8 Å². The number of nitro groups is 1. The molecule has 0 saturated heterocycles. The smallest absolute Gasteiger partial charge is 0.314 e. The molecule has 0 aliphatic heterocycles. The molecule has 2 rings (SSSR count). The SMILES string of the molecule is CNc1ccc(Oc2cc(OC)c([N+](=O)[O-])cc2F)cc1. The zero-order valence-electron chi connectivity index (χ0n) is 11.4. The minimum atomic E-state index is -0.833. The summed E-state index contributed by atoms with van der Waals surface area (Å²) in [5.74, 6) is -0.637. The summed E-state index contributed by atoms with van der Waals surface area (Å²) in [6.45, 7) is 0. The van der Waals surface area contributed by atoms with Gasteiger partial charge in [0.2, 0.25) is 5.75 Å². The Kier molecular flexibility index (Phi) is 4.22. The van der Waals surface area contributed by atoms with Crippen molar-refractivity contribution in [1.29, 1.82) is 0 Å². The summed E-state index contributed by atoms with van der Waals surface area (Å²) in [5.41, 5.74) is 0.428. The molecule has 0 aromatic heterocycles. The van der Waals surface area contributed by atoms with Crippen LogP contribution >= 0.6 is 0 Å². The lowest BCUT2D eigenvalue weighted by Gasteiger charge is -2.09. The van der Waals surface area contributed by atoms with E-state index in [9.17, 15) is 14.5 Å². The van der Waals surface area contributed by atoms with E-state index in [-0.39, 0.29) is 11.5 Å². The fraction of sp³-hybridized carbons (Fsp3) is 0.143. The van der Waals surface area contributed by atoms with E-state index in [4.69, 9.17) is 9.47 Å². The van der Waals surface area contributed by atoms with Crippen molar-refractivity contribution in [2.75, 3.05) is 19.5 Å². The molecule has 0 aliphatic carbocycles. The third-order valence-electron chi connectivity index (χ3n) is 2.80. The van der Waals surface area contributed by atoms with Gasteiger partial charge < -0.3 is 14.8 Å². The topological polar surface area (TPSA) is 73.6 Å². The van der Waals surface area contributed by atoms with Crippen LogP contribution in [0.4, 0.5) is 15.8 Å². The third kappa shape index (κ3) is 3.19. The first-order valence-corrected chi connectivity index (χ1v) is 6.02. The number of benzene rings is 2. The maximum absolute atomic E-state index is 13.9. The van der Waals surface area contributed by atoms with Gasteiger partial charge >= 0.3 is 5.69 Å². The summed E-state index contributed by atoms with van der Waals surface area (Å²) in [4.78, 5) is 10.1. The van der Waals surface area contributed by atoms with Gasteiger partial charge in [-0.25, -0.2) is 4.39 Å². The molecule has 0 aliphatic rings. The first kappa shape index (κ1) is 14.6. The molecule has 0 heterocycles. The van der Waals surface area contributed by atoms with Gasteiger partial charge in [-0.15, -0.1) is 0 Å². The number of methoxy groups -OCH3 is 1. The molecule has 21 heavy (non-hydrogen) atoms. The summed E-state index contributed by atoms with van der Waals surface area (Å²) < 4.78 is 24.1. The van der Waals surface area contributed by atoms with Gasteiger partial charge in [-0.05, 0) is 24.3 Å². The molecule has 2 aromatic carbocycles. The van der Waals surface area contributed by atoms with E-state index in [1.165, 1.54) is 7.11 Å². The monoisotopic (exact) mass is 292 g/mol. The molecule has 110 valence electrons. The Morgan fingerprint density at radius 2 is 1.86 bits per heavy atom. The fourth-order valence-electron chi connectivity index (χ4n) is 1.73. The molecule has 2 aromatic rings. The predicted octanol–water partition coefficient (Wildman–Crippen LogP) is 3.58. The van der Waals surface area contributed by atoms with Gasteiger partial charge in [-0.1, -0.05) is 0 Å². The van der Waals surface area contributed by atoms with E-state index in [1.807, 2.05) is 0 Å². The maximum atomic E-state index is 13.9. The minimum Gasteiger partial charge on any atom is -0.490 e. The van der Waals surface area contributed by atoms with Crippen LogP contribution in [0.15, 0.2) is 36.4 Å². The molecule has 0 saturated carbocycles. The molecule has 0 radical (unpaired) electrons. The molecule has 0 bridgehead atoms. The number of nitrogens with zero attached hydrogens (tertiary/aromatic N) is 1. The van der Waals surface area contributed by atoms with Crippen molar-refractivity contribution in [2.24, 2.45) is 0 Å². The van der Waals surface area contributed by atoms with Crippen LogP contribution in [0.1, 0.15) is 0 Å². The standard InChI is InChI=1S/C14H13FN2O4/c1-16-9-3-5-10(6-4-9)21-13-8-14(20-2)12(17(18)19)7-11(13)15/h3-8,16H,1-2H3. The van der Waals surface area contributed by atoms with E-state index >= 15 is 0 Å². The van der Waals surface area contributed by atoms with Crippen molar-refractivity contribution in [1.82, 2.24) is 0 Å². The Balaban J connectivity index is 2.32. The van der Waals surface area contributed by atoms with Gasteiger partial charge in [0.05, 0.1) is 18.1 Å². The number of hydrogen-bond donors (Lipinski definition) is 1. The summed E-state index contributed by atoms with van der Waals surface area (Å²) in [5, 5.41) is 13.7. The second-order valence-corrected chi connectivity index (χ2v) is 4.09. The van der Waals surface area contributed by atoms with Crippen molar-refractivity contribution in [3.63, 3.8) is 0 Å².